The van der Waals surface area contributed by atoms with Gasteiger partial charge in [-0.15, -0.1) is 5.10 Å². The van der Waals surface area contributed by atoms with Crippen molar-refractivity contribution in [3.8, 4) is 0 Å². The van der Waals surface area contributed by atoms with E-state index in [2.05, 4.69) is 20.5 Å². The first-order chi connectivity index (χ1) is 11.5. The summed E-state index contributed by atoms with van der Waals surface area (Å²) in [6.07, 6.45) is 6.26. The van der Waals surface area contributed by atoms with E-state index in [9.17, 15) is 4.79 Å². The van der Waals surface area contributed by atoms with Gasteiger partial charge in [0, 0.05) is 44.7 Å². The number of rotatable bonds is 4. The van der Waals surface area contributed by atoms with E-state index in [0.717, 1.165) is 21.3 Å². The minimum Gasteiger partial charge on any atom is -0.360 e. The van der Waals surface area contributed by atoms with Crippen LogP contribution in [0.25, 0.3) is 4.96 Å². The lowest BCUT2D eigenvalue weighted by Gasteiger charge is -2.23. The SMILES string of the molecule is Cc1cn2nc(NC[C@@H]3CC(=O)N(C)[C@H]3c3cnn(C)c3)sc2n1. The number of anilines is 1. The van der Waals surface area contributed by atoms with E-state index in [4.69, 9.17) is 0 Å². The normalized spacial score (nSPS) is 21.1. The van der Waals surface area contributed by atoms with Crippen LogP contribution in [0.1, 0.15) is 23.7 Å². The van der Waals surface area contributed by atoms with Crippen LogP contribution in [0.3, 0.4) is 0 Å². The van der Waals surface area contributed by atoms with Crippen molar-refractivity contribution in [1.29, 1.82) is 0 Å². The van der Waals surface area contributed by atoms with Crippen molar-refractivity contribution in [3.63, 3.8) is 0 Å². The molecule has 1 saturated heterocycles. The number of nitrogens with one attached hydrogen (secondary N) is 1. The first-order valence-electron chi connectivity index (χ1n) is 7.82. The molecule has 0 bridgehead atoms. The molecule has 0 radical (unpaired) electrons. The fourth-order valence-electron chi connectivity index (χ4n) is 3.32. The molecule has 0 aliphatic carbocycles. The zero-order valence-corrected chi connectivity index (χ0v) is 14.6. The molecule has 0 saturated carbocycles. The highest BCUT2D eigenvalue weighted by molar-refractivity contribution is 7.20. The summed E-state index contributed by atoms with van der Waals surface area (Å²) in [4.78, 5) is 19.3. The number of nitrogens with zero attached hydrogens (tertiary/aromatic N) is 6. The van der Waals surface area contributed by atoms with E-state index in [1.165, 1.54) is 11.3 Å². The maximum Gasteiger partial charge on any atom is 0.223 e. The van der Waals surface area contributed by atoms with E-state index in [1.807, 2.05) is 44.5 Å². The number of aryl methyl sites for hydroxylation is 2. The first kappa shape index (κ1) is 15.1. The Bertz CT molecular complexity index is 863. The third kappa shape index (κ3) is 2.54. The van der Waals surface area contributed by atoms with Gasteiger partial charge >= 0.3 is 0 Å². The van der Waals surface area contributed by atoms with Gasteiger partial charge in [-0.2, -0.15) is 5.10 Å². The molecule has 1 fully saturated rings. The zero-order valence-electron chi connectivity index (χ0n) is 13.8. The molecule has 1 aliphatic heterocycles. The monoisotopic (exact) mass is 345 g/mol. The summed E-state index contributed by atoms with van der Waals surface area (Å²) >= 11 is 1.52. The lowest BCUT2D eigenvalue weighted by atomic mass is 9.96. The van der Waals surface area contributed by atoms with Crippen molar-refractivity contribution in [1.82, 2.24) is 29.3 Å². The first-order valence-corrected chi connectivity index (χ1v) is 8.64. The Labute approximate surface area is 143 Å². The Kier molecular flexibility index (Phi) is 3.52. The fraction of sp³-hybridized carbons (Fsp3) is 0.467. The molecule has 1 aliphatic rings. The molecule has 8 nitrogen and oxygen atoms in total. The Morgan fingerprint density at radius 2 is 2.21 bits per heavy atom. The summed E-state index contributed by atoms with van der Waals surface area (Å²) < 4.78 is 3.56. The quantitative estimate of drug-likeness (QED) is 0.774. The number of imidazole rings is 1. The van der Waals surface area contributed by atoms with Crippen LogP contribution in [0.4, 0.5) is 5.13 Å². The molecule has 1 N–H and O–H groups in total. The van der Waals surface area contributed by atoms with Gasteiger partial charge in [-0.1, -0.05) is 11.3 Å². The predicted octanol–water partition coefficient (Wildman–Crippen LogP) is 1.46. The number of fused-ring (bicyclic) bond motifs is 1. The maximum absolute atomic E-state index is 12.2. The molecule has 0 aromatic carbocycles. The van der Waals surface area contributed by atoms with Crippen molar-refractivity contribution in [3.05, 3.63) is 29.8 Å². The van der Waals surface area contributed by atoms with Crippen LogP contribution in [0.5, 0.6) is 0 Å². The van der Waals surface area contributed by atoms with Crippen molar-refractivity contribution < 1.29 is 4.79 Å². The highest BCUT2D eigenvalue weighted by Crippen LogP contribution is 2.37. The number of amides is 1. The van der Waals surface area contributed by atoms with Gasteiger partial charge in [-0.05, 0) is 6.92 Å². The molecular formula is C15H19N7OS. The Morgan fingerprint density at radius 1 is 1.38 bits per heavy atom. The lowest BCUT2D eigenvalue weighted by Crippen LogP contribution is -2.26. The molecule has 2 atom stereocenters. The number of hydrogen-bond acceptors (Lipinski definition) is 6. The highest BCUT2D eigenvalue weighted by Gasteiger charge is 2.39. The molecule has 1 amide bonds. The van der Waals surface area contributed by atoms with Gasteiger partial charge in [0.05, 0.1) is 24.1 Å². The summed E-state index contributed by atoms with van der Waals surface area (Å²) in [5.41, 5.74) is 2.03. The van der Waals surface area contributed by atoms with Crippen LogP contribution in [-0.4, -0.2) is 48.8 Å². The van der Waals surface area contributed by atoms with Crippen molar-refractivity contribution in [2.75, 3.05) is 18.9 Å². The topological polar surface area (TPSA) is 80.4 Å². The smallest absolute Gasteiger partial charge is 0.223 e. The highest BCUT2D eigenvalue weighted by atomic mass is 32.1. The molecule has 3 aromatic rings. The van der Waals surface area contributed by atoms with E-state index in [0.29, 0.717) is 13.0 Å². The van der Waals surface area contributed by atoms with Gasteiger partial charge in [0.25, 0.3) is 0 Å². The van der Waals surface area contributed by atoms with Gasteiger partial charge in [0.1, 0.15) is 0 Å². The summed E-state index contributed by atoms with van der Waals surface area (Å²) in [6, 6.07) is 0.0463. The summed E-state index contributed by atoms with van der Waals surface area (Å²) in [5, 5.41) is 12.9. The summed E-state index contributed by atoms with van der Waals surface area (Å²) in [6.45, 7) is 2.64. The van der Waals surface area contributed by atoms with Crippen molar-refractivity contribution in [2.24, 2.45) is 13.0 Å². The second-order valence-corrected chi connectivity index (χ2v) is 7.21. The molecule has 24 heavy (non-hydrogen) atoms. The lowest BCUT2D eigenvalue weighted by molar-refractivity contribution is -0.127. The van der Waals surface area contributed by atoms with Crippen molar-refractivity contribution >= 4 is 27.3 Å². The molecule has 0 unspecified atom stereocenters. The van der Waals surface area contributed by atoms with E-state index in [1.54, 1.807) is 9.20 Å². The minimum absolute atomic E-state index is 0.0463. The number of hydrogen-bond donors (Lipinski definition) is 1. The van der Waals surface area contributed by atoms with Crippen molar-refractivity contribution in [2.45, 2.75) is 19.4 Å². The van der Waals surface area contributed by atoms with Crippen LogP contribution in [0.15, 0.2) is 18.6 Å². The molecule has 4 heterocycles. The molecular weight excluding hydrogens is 326 g/mol. The summed E-state index contributed by atoms with van der Waals surface area (Å²) in [7, 11) is 3.75. The molecule has 4 rings (SSSR count). The predicted molar refractivity (Wildman–Crippen MR) is 90.9 cm³/mol. The van der Waals surface area contributed by atoms with E-state index in [-0.39, 0.29) is 17.9 Å². The zero-order chi connectivity index (χ0) is 16.8. The standard InChI is InChI=1S/C15H19N7OS/c1-9-7-22-15(18-9)24-14(19-22)16-5-10-4-12(23)21(3)13(10)11-6-17-20(2)8-11/h6-8,10,13H,4-5H2,1-3H3,(H,16,19)/t10-,13+/m0/s1. The summed E-state index contributed by atoms with van der Waals surface area (Å²) in [5.74, 6) is 0.352. The van der Waals surface area contributed by atoms with Crippen LogP contribution >= 0.6 is 11.3 Å². The van der Waals surface area contributed by atoms with Crippen LogP contribution in [-0.2, 0) is 11.8 Å². The van der Waals surface area contributed by atoms with E-state index >= 15 is 0 Å². The Hall–Kier alpha value is -2.42. The largest absolute Gasteiger partial charge is 0.360 e. The fourth-order valence-corrected chi connectivity index (χ4v) is 4.16. The minimum atomic E-state index is 0.0463. The molecule has 0 spiro atoms. The second-order valence-electron chi connectivity index (χ2n) is 6.26. The van der Waals surface area contributed by atoms with Gasteiger partial charge in [0.2, 0.25) is 16.0 Å². The maximum atomic E-state index is 12.2. The van der Waals surface area contributed by atoms with Crippen LogP contribution in [0.2, 0.25) is 0 Å². The molecule has 126 valence electrons. The number of carbonyl (C=O) groups excluding carboxylic acids is 1. The Balaban J connectivity index is 1.51. The number of carbonyl (C=O) groups is 1. The second kappa shape index (κ2) is 5.59. The molecule has 3 aromatic heterocycles. The van der Waals surface area contributed by atoms with Gasteiger partial charge in [-0.3, -0.25) is 9.48 Å². The van der Waals surface area contributed by atoms with Crippen LogP contribution < -0.4 is 5.32 Å². The number of aromatic nitrogens is 5. The third-order valence-electron chi connectivity index (χ3n) is 4.44. The number of likely N-dealkylation sites (tertiary alicyclic amines) is 1. The molecule has 9 heteroatoms. The third-order valence-corrected chi connectivity index (χ3v) is 5.32. The van der Waals surface area contributed by atoms with Gasteiger partial charge < -0.3 is 10.2 Å². The average Bonchev–Trinajstić information content (AvgIpc) is 3.23. The Morgan fingerprint density at radius 3 is 2.92 bits per heavy atom. The van der Waals surface area contributed by atoms with Crippen LogP contribution in [0, 0.1) is 12.8 Å². The average molecular weight is 345 g/mol. The van der Waals surface area contributed by atoms with Gasteiger partial charge in [0.15, 0.2) is 0 Å². The van der Waals surface area contributed by atoms with E-state index < -0.39 is 0 Å². The van der Waals surface area contributed by atoms with Gasteiger partial charge in [-0.25, -0.2) is 9.50 Å².